The summed E-state index contributed by atoms with van der Waals surface area (Å²) in [5, 5.41) is 8.76. The lowest BCUT2D eigenvalue weighted by molar-refractivity contribution is 0.402. The lowest BCUT2D eigenvalue weighted by atomic mass is 10.1. The quantitative estimate of drug-likeness (QED) is 0.829. The van der Waals surface area contributed by atoms with Crippen molar-refractivity contribution in [2.75, 3.05) is 18.6 Å². The third-order valence-electron chi connectivity index (χ3n) is 3.43. The molecule has 0 heterocycles. The molecule has 0 radical (unpaired) electrons. The summed E-state index contributed by atoms with van der Waals surface area (Å²) in [7, 11) is -2.06. The molecule has 0 bridgehead atoms. The summed E-state index contributed by atoms with van der Waals surface area (Å²) in [6, 6.07) is 6.57. The van der Waals surface area contributed by atoms with E-state index in [-0.39, 0.29) is 28.2 Å². The molecule has 2 N–H and O–H groups in total. The fourth-order valence-electron chi connectivity index (χ4n) is 2.14. The zero-order chi connectivity index (χ0) is 14.1. The molecule has 1 aromatic carbocycles. The second-order valence-corrected chi connectivity index (χ2v) is 6.96. The van der Waals surface area contributed by atoms with Crippen LogP contribution in [0.3, 0.4) is 0 Å². The number of ether oxygens (including phenoxy) is 1. The fraction of sp³-hybridized carbons (Fsp3) is 0.462. The maximum absolute atomic E-state index is 12.4. The molecule has 19 heavy (non-hydrogen) atoms. The molecule has 1 aromatic rings. The second kappa shape index (κ2) is 4.74. The van der Waals surface area contributed by atoms with Gasteiger partial charge in [-0.3, -0.25) is 0 Å². The van der Waals surface area contributed by atoms with Gasteiger partial charge in [-0.05, 0) is 30.4 Å². The Kier molecular flexibility index (Phi) is 3.42. The van der Waals surface area contributed by atoms with Crippen molar-refractivity contribution in [3.63, 3.8) is 0 Å². The van der Waals surface area contributed by atoms with E-state index in [1.165, 1.54) is 19.2 Å². The van der Waals surface area contributed by atoms with E-state index in [0.717, 1.165) is 12.8 Å². The highest BCUT2D eigenvalue weighted by atomic mass is 32.2. The van der Waals surface area contributed by atoms with E-state index in [4.69, 9.17) is 15.7 Å². The zero-order valence-corrected chi connectivity index (χ0v) is 11.5. The standard InChI is InChI=1S/C13H16N2O3S/c1-18-11-8-10(15)2-3-12(11)19(16,17)9-13(4-5-13)6-7-14/h2-3,8H,4-6,9,15H2,1H3. The minimum Gasteiger partial charge on any atom is -0.495 e. The number of hydrogen-bond donors (Lipinski definition) is 1. The smallest absolute Gasteiger partial charge is 0.182 e. The Morgan fingerprint density at radius 3 is 2.68 bits per heavy atom. The molecule has 0 unspecified atom stereocenters. The first-order chi connectivity index (χ1) is 8.92. The van der Waals surface area contributed by atoms with Gasteiger partial charge in [0.1, 0.15) is 10.6 Å². The van der Waals surface area contributed by atoms with E-state index in [0.29, 0.717) is 5.69 Å². The molecular weight excluding hydrogens is 264 g/mol. The number of sulfone groups is 1. The zero-order valence-electron chi connectivity index (χ0n) is 10.7. The van der Waals surface area contributed by atoms with Gasteiger partial charge in [-0.25, -0.2) is 8.42 Å². The Balaban J connectivity index is 2.33. The van der Waals surface area contributed by atoms with Crippen molar-refractivity contribution in [1.29, 1.82) is 5.26 Å². The third-order valence-corrected chi connectivity index (χ3v) is 5.43. The van der Waals surface area contributed by atoms with E-state index in [2.05, 4.69) is 6.07 Å². The summed E-state index contributed by atoms with van der Waals surface area (Å²) in [6.07, 6.45) is 1.86. The SMILES string of the molecule is COc1cc(N)ccc1S(=O)(=O)CC1(CC#N)CC1. The van der Waals surface area contributed by atoms with E-state index in [1.807, 2.05) is 0 Å². The Morgan fingerprint density at radius 2 is 2.16 bits per heavy atom. The van der Waals surface area contributed by atoms with Crippen LogP contribution in [-0.4, -0.2) is 21.3 Å². The molecule has 5 nitrogen and oxygen atoms in total. The molecule has 0 aliphatic heterocycles. The van der Waals surface area contributed by atoms with Crippen LogP contribution in [0.15, 0.2) is 23.1 Å². The van der Waals surface area contributed by atoms with Crippen LogP contribution in [0.4, 0.5) is 5.69 Å². The van der Waals surface area contributed by atoms with Crippen molar-refractivity contribution in [2.45, 2.75) is 24.2 Å². The first kappa shape index (κ1) is 13.7. The minimum atomic E-state index is -3.47. The molecule has 102 valence electrons. The highest BCUT2D eigenvalue weighted by Crippen LogP contribution is 2.50. The molecule has 1 aliphatic rings. The van der Waals surface area contributed by atoms with Crippen molar-refractivity contribution in [3.8, 4) is 11.8 Å². The van der Waals surface area contributed by atoms with Gasteiger partial charge in [-0.15, -0.1) is 0 Å². The summed E-state index contributed by atoms with van der Waals surface area (Å²) >= 11 is 0. The number of hydrogen-bond acceptors (Lipinski definition) is 5. The Morgan fingerprint density at radius 1 is 1.47 bits per heavy atom. The van der Waals surface area contributed by atoms with Crippen LogP contribution in [0.25, 0.3) is 0 Å². The fourth-order valence-corrected chi connectivity index (χ4v) is 4.22. The van der Waals surface area contributed by atoms with Crippen molar-refractivity contribution >= 4 is 15.5 Å². The molecule has 0 aromatic heterocycles. The molecule has 2 rings (SSSR count). The number of nitriles is 1. The monoisotopic (exact) mass is 280 g/mol. The van der Waals surface area contributed by atoms with Crippen molar-refractivity contribution in [2.24, 2.45) is 5.41 Å². The largest absolute Gasteiger partial charge is 0.495 e. The van der Waals surface area contributed by atoms with E-state index < -0.39 is 9.84 Å². The molecule has 0 amide bonds. The summed E-state index contributed by atoms with van der Waals surface area (Å²) < 4.78 is 29.9. The topological polar surface area (TPSA) is 93.2 Å². The van der Waals surface area contributed by atoms with Crippen LogP contribution in [0.5, 0.6) is 5.75 Å². The number of rotatable bonds is 5. The van der Waals surface area contributed by atoms with Crippen LogP contribution in [0.1, 0.15) is 19.3 Å². The minimum absolute atomic E-state index is 0.00611. The van der Waals surface area contributed by atoms with Gasteiger partial charge in [0, 0.05) is 18.2 Å². The van der Waals surface area contributed by atoms with Gasteiger partial charge < -0.3 is 10.5 Å². The molecule has 0 atom stereocenters. The average Bonchev–Trinajstić information content (AvgIpc) is 3.07. The van der Waals surface area contributed by atoms with Gasteiger partial charge in [0.05, 0.1) is 18.9 Å². The first-order valence-corrected chi connectivity index (χ1v) is 7.61. The predicted octanol–water partition coefficient (Wildman–Crippen LogP) is 1.74. The van der Waals surface area contributed by atoms with Crippen molar-refractivity contribution in [3.05, 3.63) is 18.2 Å². The lowest BCUT2D eigenvalue weighted by Crippen LogP contribution is -2.18. The molecule has 1 saturated carbocycles. The third kappa shape index (κ3) is 2.82. The van der Waals surface area contributed by atoms with Gasteiger partial charge in [-0.1, -0.05) is 0 Å². The maximum Gasteiger partial charge on any atom is 0.182 e. The number of benzene rings is 1. The highest BCUT2D eigenvalue weighted by Gasteiger charge is 2.46. The first-order valence-electron chi connectivity index (χ1n) is 5.96. The molecule has 0 saturated heterocycles. The molecule has 6 heteroatoms. The maximum atomic E-state index is 12.4. The van der Waals surface area contributed by atoms with E-state index >= 15 is 0 Å². The second-order valence-electron chi connectivity index (χ2n) is 5.00. The highest BCUT2D eigenvalue weighted by molar-refractivity contribution is 7.91. The summed E-state index contributed by atoms with van der Waals surface area (Å²) in [5.74, 6) is 0.251. The summed E-state index contributed by atoms with van der Waals surface area (Å²) in [5.41, 5.74) is 5.71. The van der Waals surface area contributed by atoms with Crippen LogP contribution < -0.4 is 10.5 Å². The van der Waals surface area contributed by atoms with E-state index in [1.54, 1.807) is 6.07 Å². The molecule has 1 fully saturated rings. The van der Waals surface area contributed by atoms with Crippen LogP contribution in [0.2, 0.25) is 0 Å². The Bertz CT molecular complexity index is 628. The van der Waals surface area contributed by atoms with Crippen LogP contribution in [0, 0.1) is 16.7 Å². The molecular formula is C13H16N2O3S. The van der Waals surface area contributed by atoms with Crippen molar-refractivity contribution < 1.29 is 13.2 Å². The summed E-state index contributed by atoms with van der Waals surface area (Å²) in [4.78, 5) is 0.147. The Hall–Kier alpha value is -1.74. The number of nitrogens with two attached hydrogens (primary N) is 1. The number of anilines is 1. The van der Waals surface area contributed by atoms with Crippen LogP contribution >= 0.6 is 0 Å². The van der Waals surface area contributed by atoms with Gasteiger partial charge in [0.2, 0.25) is 0 Å². The van der Waals surface area contributed by atoms with Gasteiger partial charge in [-0.2, -0.15) is 5.26 Å². The van der Waals surface area contributed by atoms with Gasteiger partial charge in [0.25, 0.3) is 0 Å². The molecule has 0 spiro atoms. The number of nitrogen functional groups attached to an aromatic ring is 1. The summed E-state index contributed by atoms with van der Waals surface area (Å²) in [6.45, 7) is 0. The Labute approximate surface area is 112 Å². The van der Waals surface area contributed by atoms with Crippen molar-refractivity contribution in [1.82, 2.24) is 0 Å². The normalized spacial score (nSPS) is 16.6. The van der Waals surface area contributed by atoms with E-state index in [9.17, 15) is 8.42 Å². The van der Waals surface area contributed by atoms with Gasteiger partial charge >= 0.3 is 0 Å². The predicted molar refractivity (Wildman–Crippen MR) is 71.4 cm³/mol. The lowest BCUT2D eigenvalue weighted by Gasteiger charge is -2.14. The van der Waals surface area contributed by atoms with Crippen LogP contribution in [-0.2, 0) is 9.84 Å². The number of nitrogens with zero attached hydrogens (tertiary/aromatic N) is 1. The average molecular weight is 280 g/mol. The molecule has 1 aliphatic carbocycles. The van der Waals surface area contributed by atoms with Gasteiger partial charge in [0.15, 0.2) is 9.84 Å². The number of methoxy groups -OCH3 is 1.